The topological polar surface area (TPSA) is 21.3 Å². The van der Waals surface area contributed by atoms with Crippen LogP contribution in [0.1, 0.15) is 29.7 Å². The first kappa shape index (κ1) is 15.3. The van der Waals surface area contributed by atoms with Crippen molar-refractivity contribution in [2.24, 2.45) is 0 Å². The average molecular weight is 458 g/mol. The zero-order chi connectivity index (χ0) is 14.8. The second-order valence-electron chi connectivity index (χ2n) is 5.12. The molecule has 0 bridgehead atoms. The molecule has 0 saturated carbocycles. The molecular weight excluding hydrogens is 441 g/mol. The van der Waals surface area contributed by atoms with Gasteiger partial charge in [-0.1, -0.05) is 35.0 Å². The highest BCUT2D eigenvalue weighted by Crippen LogP contribution is 2.38. The van der Waals surface area contributed by atoms with Crippen molar-refractivity contribution >= 4 is 38.5 Å². The van der Waals surface area contributed by atoms with Gasteiger partial charge in [-0.2, -0.15) is 0 Å². The molecule has 0 aromatic heterocycles. The summed E-state index contributed by atoms with van der Waals surface area (Å²) in [6.07, 6.45) is 0.993. The number of fused-ring (bicyclic) bond motifs is 1. The molecule has 0 saturated heterocycles. The Kier molecular flexibility index (Phi) is 4.86. The van der Waals surface area contributed by atoms with E-state index in [2.05, 4.69) is 87.2 Å². The molecule has 2 aromatic carbocycles. The van der Waals surface area contributed by atoms with Crippen molar-refractivity contribution in [2.75, 3.05) is 13.2 Å². The van der Waals surface area contributed by atoms with Gasteiger partial charge in [-0.15, -0.1) is 0 Å². The van der Waals surface area contributed by atoms with Gasteiger partial charge in [-0.25, -0.2) is 0 Å². The minimum atomic E-state index is 0.163. The van der Waals surface area contributed by atoms with Crippen molar-refractivity contribution in [2.45, 2.75) is 19.4 Å². The summed E-state index contributed by atoms with van der Waals surface area (Å²) in [6, 6.07) is 13.2. The van der Waals surface area contributed by atoms with Crippen molar-refractivity contribution in [3.05, 3.63) is 61.1 Å². The first-order valence-electron chi connectivity index (χ1n) is 7.13. The van der Waals surface area contributed by atoms with Gasteiger partial charge in [-0.3, -0.25) is 0 Å². The number of nitrogens with one attached hydrogen (secondary N) is 1. The predicted molar refractivity (Wildman–Crippen MR) is 98.0 cm³/mol. The Labute approximate surface area is 147 Å². The van der Waals surface area contributed by atoms with Gasteiger partial charge in [0.2, 0.25) is 0 Å². The van der Waals surface area contributed by atoms with Crippen LogP contribution in [0.4, 0.5) is 0 Å². The lowest BCUT2D eigenvalue weighted by Crippen LogP contribution is -2.22. The van der Waals surface area contributed by atoms with E-state index in [9.17, 15) is 0 Å². The first-order valence-corrected chi connectivity index (χ1v) is 9.00. The van der Waals surface area contributed by atoms with Crippen LogP contribution in [-0.4, -0.2) is 13.2 Å². The molecule has 1 unspecified atom stereocenters. The molecule has 2 aromatic rings. The monoisotopic (exact) mass is 457 g/mol. The van der Waals surface area contributed by atoms with E-state index in [0.29, 0.717) is 0 Å². The molecule has 2 nitrogen and oxygen atoms in total. The third-order valence-electron chi connectivity index (χ3n) is 3.70. The van der Waals surface area contributed by atoms with Crippen molar-refractivity contribution in [3.63, 3.8) is 0 Å². The molecule has 1 N–H and O–H groups in total. The van der Waals surface area contributed by atoms with Gasteiger partial charge in [0.05, 0.1) is 12.6 Å². The lowest BCUT2D eigenvalue weighted by atomic mass is 9.96. The zero-order valence-electron chi connectivity index (χ0n) is 11.8. The summed E-state index contributed by atoms with van der Waals surface area (Å²) in [5.41, 5.74) is 3.79. The maximum absolute atomic E-state index is 5.89. The second-order valence-corrected chi connectivity index (χ2v) is 7.29. The molecule has 0 amide bonds. The predicted octanol–water partition coefficient (Wildman–Crippen LogP) is 4.69. The highest BCUT2D eigenvalue weighted by Gasteiger charge is 2.24. The standard InChI is InChI=1S/C17H17BrINO/c1-2-20-16(11-3-5-14(19)6-4-11)15-10-13(18)9-12-7-8-21-17(12)15/h3-6,9-10,16,20H,2,7-8H2,1H3. The summed E-state index contributed by atoms with van der Waals surface area (Å²) in [5, 5.41) is 3.59. The minimum absolute atomic E-state index is 0.163. The van der Waals surface area contributed by atoms with Crippen molar-refractivity contribution in [3.8, 4) is 5.75 Å². The maximum atomic E-state index is 5.89. The average Bonchev–Trinajstić information content (AvgIpc) is 2.93. The molecule has 1 aliphatic rings. The van der Waals surface area contributed by atoms with Crippen molar-refractivity contribution in [1.82, 2.24) is 5.32 Å². The lowest BCUT2D eigenvalue weighted by Gasteiger charge is -2.22. The molecule has 0 radical (unpaired) electrons. The molecule has 0 fully saturated rings. The Morgan fingerprint density at radius 1 is 1.29 bits per heavy atom. The van der Waals surface area contributed by atoms with E-state index >= 15 is 0 Å². The van der Waals surface area contributed by atoms with Crippen LogP contribution in [0.15, 0.2) is 40.9 Å². The van der Waals surface area contributed by atoms with Crippen LogP contribution < -0.4 is 10.1 Å². The molecule has 110 valence electrons. The summed E-state index contributed by atoms with van der Waals surface area (Å²) < 4.78 is 8.27. The quantitative estimate of drug-likeness (QED) is 0.672. The van der Waals surface area contributed by atoms with E-state index in [0.717, 1.165) is 29.8 Å². The molecule has 4 heteroatoms. The first-order chi connectivity index (χ1) is 10.2. The molecule has 3 rings (SSSR count). The van der Waals surface area contributed by atoms with Gasteiger partial charge in [0.1, 0.15) is 5.75 Å². The van der Waals surface area contributed by atoms with E-state index in [1.54, 1.807) is 0 Å². The Bertz CT molecular complexity index is 642. The fourth-order valence-corrected chi connectivity index (χ4v) is 3.66. The maximum Gasteiger partial charge on any atom is 0.127 e. The van der Waals surface area contributed by atoms with E-state index in [1.807, 2.05) is 0 Å². The molecule has 1 heterocycles. The summed E-state index contributed by atoms with van der Waals surface area (Å²) in [7, 11) is 0. The summed E-state index contributed by atoms with van der Waals surface area (Å²) in [6.45, 7) is 3.83. The van der Waals surface area contributed by atoms with Gasteiger partial charge < -0.3 is 10.1 Å². The van der Waals surface area contributed by atoms with E-state index in [-0.39, 0.29) is 6.04 Å². The number of rotatable bonds is 4. The molecule has 1 atom stereocenters. The lowest BCUT2D eigenvalue weighted by molar-refractivity contribution is 0.350. The molecule has 0 aliphatic carbocycles. The Hall–Kier alpha value is -0.590. The van der Waals surface area contributed by atoms with Gasteiger partial charge >= 0.3 is 0 Å². The van der Waals surface area contributed by atoms with Gasteiger partial charge in [-0.05, 0) is 64.5 Å². The van der Waals surface area contributed by atoms with Crippen molar-refractivity contribution in [1.29, 1.82) is 0 Å². The summed E-state index contributed by atoms with van der Waals surface area (Å²) >= 11 is 5.97. The second kappa shape index (κ2) is 6.67. The molecular formula is C17H17BrINO. The van der Waals surface area contributed by atoms with Gasteiger partial charge in [0, 0.05) is 20.0 Å². The number of halogens is 2. The Morgan fingerprint density at radius 3 is 2.76 bits per heavy atom. The van der Waals surface area contributed by atoms with E-state index in [4.69, 9.17) is 4.74 Å². The molecule has 0 spiro atoms. The van der Waals surface area contributed by atoms with Crippen molar-refractivity contribution < 1.29 is 4.74 Å². The largest absolute Gasteiger partial charge is 0.493 e. The smallest absolute Gasteiger partial charge is 0.127 e. The Morgan fingerprint density at radius 2 is 2.05 bits per heavy atom. The third kappa shape index (κ3) is 3.27. The SMILES string of the molecule is CCNC(c1ccc(I)cc1)c1cc(Br)cc2c1OCC2. The number of hydrogen-bond donors (Lipinski definition) is 1. The highest BCUT2D eigenvalue weighted by molar-refractivity contribution is 14.1. The van der Waals surface area contributed by atoms with Gasteiger partial charge in [0.25, 0.3) is 0 Å². The fourth-order valence-electron chi connectivity index (χ4n) is 2.78. The number of benzene rings is 2. The summed E-state index contributed by atoms with van der Waals surface area (Å²) in [5.74, 6) is 1.06. The highest BCUT2D eigenvalue weighted by atomic mass is 127. The zero-order valence-corrected chi connectivity index (χ0v) is 15.6. The normalized spacial score (nSPS) is 14.6. The third-order valence-corrected chi connectivity index (χ3v) is 4.88. The van der Waals surface area contributed by atoms with Crippen LogP contribution in [0.3, 0.4) is 0 Å². The minimum Gasteiger partial charge on any atom is -0.493 e. The van der Waals surface area contributed by atoms with E-state index in [1.165, 1.54) is 20.3 Å². The number of hydrogen-bond acceptors (Lipinski definition) is 2. The summed E-state index contributed by atoms with van der Waals surface area (Å²) in [4.78, 5) is 0. The number of ether oxygens (including phenoxy) is 1. The molecule has 21 heavy (non-hydrogen) atoms. The van der Waals surface area contributed by atoms with Gasteiger partial charge in [0.15, 0.2) is 0 Å². The fraction of sp³-hybridized carbons (Fsp3) is 0.294. The van der Waals surface area contributed by atoms with E-state index < -0.39 is 0 Å². The van der Waals surface area contributed by atoms with Crippen LogP contribution >= 0.6 is 38.5 Å². The van der Waals surface area contributed by atoms with Crippen LogP contribution in [0, 0.1) is 3.57 Å². The van der Waals surface area contributed by atoms with Crippen LogP contribution in [0.5, 0.6) is 5.75 Å². The molecule has 1 aliphatic heterocycles. The van der Waals surface area contributed by atoms with Crippen LogP contribution in [0.2, 0.25) is 0 Å². The van der Waals surface area contributed by atoms with Crippen LogP contribution in [-0.2, 0) is 6.42 Å². The van der Waals surface area contributed by atoms with Crippen LogP contribution in [0.25, 0.3) is 0 Å². The Balaban J connectivity index is 2.07.